The third-order valence-electron chi connectivity index (χ3n) is 4.52. The predicted octanol–water partition coefficient (Wildman–Crippen LogP) is 3.60. The number of carbonyl (C=O) groups excluding carboxylic acids is 1. The van der Waals surface area contributed by atoms with Crippen molar-refractivity contribution in [3.8, 4) is 11.5 Å². The first-order valence-electron chi connectivity index (χ1n) is 9.72. The highest BCUT2D eigenvalue weighted by atomic mass is 16.5. The van der Waals surface area contributed by atoms with Gasteiger partial charge in [-0.25, -0.2) is 0 Å². The van der Waals surface area contributed by atoms with E-state index in [1.807, 2.05) is 25.1 Å². The Hall–Kier alpha value is -4.07. The molecule has 0 spiro atoms. The van der Waals surface area contributed by atoms with Crippen molar-refractivity contribution in [3.05, 3.63) is 72.1 Å². The predicted molar refractivity (Wildman–Crippen MR) is 122 cm³/mol. The minimum atomic E-state index is -0.238. The SMILES string of the molecule is C=Nc1cc(OCC(=O)NCc2ncccc2C)ccc1NCNc1ccc(O)cc1. The molecule has 160 valence electrons. The van der Waals surface area contributed by atoms with Crippen molar-refractivity contribution >= 4 is 29.7 Å². The molecule has 0 bridgehead atoms. The van der Waals surface area contributed by atoms with Gasteiger partial charge in [0.1, 0.15) is 11.5 Å². The topological polar surface area (TPSA) is 108 Å². The Bertz CT molecular complexity index is 1040. The molecule has 8 nitrogen and oxygen atoms in total. The second-order valence-electron chi connectivity index (χ2n) is 6.75. The molecule has 2 aromatic carbocycles. The summed E-state index contributed by atoms with van der Waals surface area (Å²) in [6.07, 6.45) is 1.70. The van der Waals surface area contributed by atoms with Crippen LogP contribution in [0.3, 0.4) is 0 Å². The largest absolute Gasteiger partial charge is 0.508 e. The monoisotopic (exact) mass is 419 g/mol. The van der Waals surface area contributed by atoms with E-state index in [1.54, 1.807) is 42.6 Å². The van der Waals surface area contributed by atoms with Crippen LogP contribution in [0.5, 0.6) is 11.5 Å². The summed E-state index contributed by atoms with van der Waals surface area (Å²) in [5.74, 6) is 0.495. The summed E-state index contributed by atoms with van der Waals surface area (Å²) in [4.78, 5) is 20.4. The van der Waals surface area contributed by atoms with Crippen molar-refractivity contribution in [2.24, 2.45) is 4.99 Å². The Morgan fingerprint density at radius 2 is 1.97 bits per heavy atom. The van der Waals surface area contributed by atoms with Crippen LogP contribution in [0.15, 0.2) is 65.8 Å². The van der Waals surface area contributed by atoms with Crippen LogP contribution in [0.4, 0.5) is 17.1 Å². The smallest absolute Gasteiger partial charge is 0.258 e. The summed E-state index contributed by atoms with van der Waals surface area (Å²) in [5.41, 5.74) is 4.09. The first-order chi connectivity index (χ1) is 15.0. The molecular weight excluding hydrogens is 394 g/mol. The lowest BCUT2D eigenvalue weighted by molar-refractivity contribution is -0.123. The third-order valence-corrected chi connectivity index (χ3v) is 4.52. The Labute approximate surface area is 181 Å². The van der Waals surface area contributed by atoms with E-state index in [0.29, 0.717) is 24.7 Å². The molecule has 0 aliphatic carbocycles. The summed E-state index contributed by atoms with van der Waals surface area (Å²) in [5, 5.41) is 18.5. The average molecular weight is 419 g/mol. The molecule has 1 amide bonds. The van der Waals surface area contributed by atoms with Gasteiger partial charge in [0.15, 0.2) is 6.61 Å². The number of ether oxygens (including phenoxy) is 1. The van der Waals surface area contributed by atoms with Gasteiger partial charge in [0.25, 0.3) is 5.91 Å². The van der Waals surface area contributed by atoms with Crippen LogP contribution < -0.4 is 20.7 Å². The fraction of sp³-hybridized carbons (Fsp3) is 0.174. The van der Waals surface area contributed by atoms with Crippen molar-refractivity contribution in [3.63, 3.8) is 0 Å². The maximum Gasteiger partial charge on any atom is 0.258 e. The van der Waals surface area contributed by atoms with Gasteiger partial charge in [-0.15, -0.1) is 0 Å². The second kappa shape index (κ2) is 10.6. The number of hydrogen-bond acceptors (Lipinski definition) is 7. The van der Waals surface area contributed by atoms with Gasteiger partial charge in [0.2, 0.25) is 0 Å². The number of phenolic OH excluding ortho intramolecular Hbond substituents is 1. The number of aromatic hydroxyl groups is 1. The van der Waals surface area contributed by atoms with Crippen molar-refractivity contribution in [2.75, 3.05) is 23.9 Å². The van der Waals surface area contributed by atoms with E-state index in [2.05, 4.69) is 32.6 Å². The summed E-state index contributed by atoms with van der Waals surface area (Å²) < 4.78 is 5.58. The van der Waals surface area contributed by atoms with E-state index < -0.39 is 0 Å². The number of aromatic nitrogens is 1. The molecule has 0 saturated carbocycles. The molecule has 1 heterocycles. The Morgan fingerprint density at radius 1 is 1.16 bits per heavy atom. The van der Waals surface area contributed by atoms with Crippen molar-refractivity contribution in [2.45, 2.75) is 13.5 Å². The van der Waals surface area contributed by atoms with Crippen molar-refractivity contribution < 1.29 is 14.6 Å². The number of benzene rings is 2. The Morgan fingerprint density at radius 3 is 2.71 bits per heavy atom. The van der Waals surface area contributed by atoms with Crippen LogP contribution in [0.25, 0.3) is 0 Å². The Kier molecular flexibility index (Phi) is 7.42. The van der Waals surface area contributed by atoms with E-state index in [1.165, 1.54) is 0 Å². The highest BCUT2D eigenvalue weighted by Crippen LogP contribution is 2.29. The summed E-state index contributed by atoms with van der Waals surface area (Å²) in [6, 6.07) is 15.9. The first-order valence-corrected chi connectivity index (χ1v) is 9.72. The molecule has 8 heteroatoms. The lowest BCUT2D eigenvalue weighted by Crippen LogP contribution is -2.29. The molecule has 0 aliphatic rings. The molecule has 3 rings (SSSR count). The number of amides is 1. The highest BCUT2D eigenvalue weighted by molar-refractivity contribution is 5.77. The number of rotatable bonds is 10. The van der Waals surface area contributed by atoms with Gasteiger partial charge in [0.05, 0.1) is 30.3 Å². The second-order valence-corrected chi connectivity index (χ2v) is 6.75. The number of carbonyl (C=O) groups is 1. The van der Waals surface area contributed by atoms with Crippen LogP contribution in [0, 0.1) is 6.92 Å². The van der Waals surface area contributed by atoms with E-state index in [4.69, 9.17) is 4.74 Å². The fourth-order valence-electron chi connectivity index (χ4n) is 2.79. The van der Waals surface area contributed by atoms with E-state index >= 15 is 0 Å². The lowest BCUT2D eigenvalue weighted by atomic mass is 10.2. The van der Waals surface area contributed by atoms with Crippen molar-refractivity contribution in [1.82, 2.24) is 10.3 Å². The highest BCUT2D eigenvalue weighted by Gasteiger charge is 2.07. The maximum absolute atomic E-state index is 12.1. The number of pyridine rings is 1. The van der Waals surface area contributed by atoms with Crippen LogP contribution in [0.1, 0.15) is 11.3 Å². The zero-order chi connectivity index (χ0) is 22.1. The van der Waals surface area contributed by atoms with Crippen LogP contribution >= 0.6 is 0 Å². The number of hydrogen-bond donors (Lipinski definition) is 4. The molecule has 0 aliphatic heterocycles. The molecule has 4 N–H and O–H groups in total. The number of aryl methyl sites for hydroxylation is 1. The van der Waals surface area contributed by atoms with E-state index in [9.17, 15) is 9.90 Å². The number of anilines is 2. The molecule has 31 heavy (non-hydrogen) atoms. The number of phenols is 1. The molecule has 3 aromatic rings. The van der Waals surface area contributed by atoms with E-state index in [-0.39, 0.29) is 18.3 Å². The first kappa shape index (κ1) is 21.6. The van der Waals surface area contributed by atoms with Crippen molar-refractivity contribution in [1.29, 1.82) is 0 Å². The minimum absolute atomic E-state index is 0.113. The zero-order valence-corrected chi connectivity index (χ0v) is 17.3. The lowest BCUT2D eigenvalue weighted by Gasteiger charge is -2.13. The molecule has 0 saturated heterocycles. The van der Waals surface area contributed by atoms with Crippen LogP contribution in [0.2, 0.25) is 0 Å². The molecule has 0 atom stereocenters. The van der Waals surface area contributed by atoms with Gasteiger partial charge in [-0.1, -0.05) is 6.07 Å². The maximum atomic E-state index is 12.1. The van der Waals surface area contributed by atoms with E-state index in [0.717, 1.165) is 22.6 Å². The fourth-order valence-corrected chi connectivity index (χ4v) is 2.79. The normalized spacial score (nSPS) is 10.2. The van der Waals surface area contributed by atoms with Crippen LogP contribution in [-0.2, 0) is 11.3 Å². The summed E-state index contributed by atoms with van der Waals surface area (Å²) in [7, 11) is 0. The minimum Gasteiger partial charge on any atom is -0.508 e. The molecule has 0 fully saturated rings. The number of aliphatic imine (C=N–C) groups is 1. The molecular formula is C23H25N5O3. The standard InChI is InChI=1S/C23H25N5O3/c1-16-4-3-11-25-22(16)13-26-23(30)14-31-19-9-10-20(21(12-19)24-2)28-15-27-17-5-7-18(29)8-6-17/h3-12,27-29H,2,13-15H2,1H3,(H,26,30). The van der Waals surface area contributed by atoms with Gasteiger partial charge in [-0.3, -0.25) is 14.8 Å². The molecule has 0 unspecified atom stereocenters. The molecule has 1 aromatic heterocycles. The van der Waals surface area contributed by atoms with Gasteiger partial charge >= 0.3 is 0 Å². The molecule has 0 radical (unpaired) electrons. The third kappa shape index (κ3) is 6.46. The quantitative estimate of drug-likeness (QED) is 0.227. The van der Waals surface area contributed by atoms with Gasteiger partial charge < -0.3 is 25.8 Å². The summed E-state index contributed by atoms with van der Waals surface area (Å²) >= 11 is 0. The zero-order valence-electron chi connectivity index (χ0n) is 17.3. The summed E-state index contributed by atoms with van der Waals surface area (Å²) in [6.45, 7) is 6.23. The number of nitrogens with zero attached hydrogens (tertiary/aromatic N) is 2. The van der Waals surface area contributed by atoms with Gasteiger partial charge in [0, 0.05) is 18.0 Å². The average Bonchev–Trinajstić information content (AvgIpc) is 2.79. The van der Waals surface area contributed by atoms with Crippen LogP contribution in [-0.4, -0.2) is 36.0 Å². The Balaban J connectivity index is 1.48. The van der Waals surface area contributed by atoms with Gasteiger partial charge in [-0.05, 0) is 61.7 Å². The number of nitrogens with one attached hydrogen (secondary N) is 3. The van der Waals surface area contributed by atoms with Gasteiger partial charge in [-0.2, -0.15) is 0 Å².